The van der Waals surface area contributed by atoms with Gasteiger partial charge in [0.25, 0.3) is 5.92 Å². The van der Waals surface area contributed by atoms with Gasteiger partial charge in [0, 0.05) is 19.1 Å². The van der Waals surface area contributed by atoms with E-state index in [2.05, 4.69) is 5.32 Å². The van der Waals surface area contributed by atoms with Crippen molar-refractivity contribution in [1.82, 2.24) is 5.32 Å². The lowest BCUT2D eigenvalue weighted by atomic mass is 10.2. The Labute approximate surface area is 87.8 Å². The lowest BCUT2D eigenvalue weighted by Crippen LogP contribution is -2.34. The summed E-state index contributed by atoms with van der Waals surface area (Å²) in [7, 11) is 0. The summed E-state index contributed by atoms with van der Waals surface area (Å²) in [4.78, 5) is 0. The number of hydrogen-bond donors (Lipinski definition) is 1. The summed E-state index contributed by atoms with van der Waals surface area (Å²) < 4.78 is 31.2. The van der Waals surface area contributed by atoms with Crippen LogP contribution in [-0.4, -0.2) is 36.3 Å². The second-order valence-corrected chi connectivity index (χ2v) is 4.70. The predicted octanol–water partition coefficient (Wildman–Crippen LogP) is 2.10. The Morgan fingerprint density at radius 3 is 2.71 bits per heavy atom. The van der Waals surface area contributed by atoms with Gasteiger partial charge >= 0.3 is 0 Å². The summed E-state index contributed by atoms with van der Waals surface area (Å²) in [5.41, 5.74) is -0.140. The maximum Gasteiger partial charge on any atom is 0.261 e. The van der Waals surface area contributed by atoms with Gasteiger partial charge in [-0.15, -0.1) is 11.8 Å². The van der Waals surface area contributed by atoms with Crippen LogP contribution >= 0.6 is 11.8 Å². The Hall–Kier alpha value is 0.130. The van der Waals surface area contributed by atoms with Crippen LogP contribution in [0.5, 0.6) is 0 Å². The van der Waals surface area contributed by atoms with Crippen molar-refractivity contribution in [3.8, 4) is 0 Å². The first-order chi connectivity index (χ1) is 6.59. The van der Waals surface area contributed by atoms with E-state index in [1.54, 1.807) is 11.8 Å². The highest BCUT2D eigenvalue weighted by Gasteiger charge is 2.42. The average Bonchev–Trinajstić information content (AvgIpc) is 2.46. The molecule has 1 N–H and O–H groups in total. The van der Waals surface area contributed by atoms with E-state index in [0.29, 0.717) is 6.61 Å². The van der Waals surface area contributed by atoms with Crippen molar-refractivity contribution >= 4 is 11.8 Å². The van der Waals surface area contributed by atoms with E-state index in [1.807, 2.05) is 13.8 Å². The molecule has 1 aliphatic rings. The van der Waals surface area contributed by atoms with Crippen LogP contribution in [0.25, 0.3) is 0 Å². The molecule has 0 saturated carbocycles. The van der Waals surface area contributed by atoms with Crippen LogP contribution in [0.4, 0.5) is 8.78 Å². The quantitative estimate of drug-likeness (QED) is 0.724. The van der Waals surface area contributed by atoms with Gasteiger partial charge < -0.3 is 10.1 Å². The third-order valence-corrected chi connectivity index (χ3v) is 3.26. The smallest absolute Gasteiger partial charge is 0.261 e. The van der Waals surface area contributed by atoms with E-state index in [-0.39, 0.29) is 24.4 Å². The number of rotatable bonds is 5. The molecule has 14 heavy (non-hydrogen) atoms. The fourth-order valence-electron chi connectivity index (χ4n) is 1.55. The maximum atomic E-state index is 12.9. The molecule has 2 atom stereocenters. The highest BCUT2D eigenvalue weighted by Crippen LogP contribution is 2.30. The molecule has 2 nitrogen and oxygen atoms in total. The van der Waals surface area contributed by atoms with Gasteiger partial charge in [-0.05, 0) is 12.7 Å². The molecule has 0 aromatic carbocycles. The highest BCUT2D eigenvalue weighted by atomic mass is 32.2. The monoisotopic (exact) mass is 225 g/mol. The number of alkyl halides is 2. The third-order valence-electron chi connectivity index (χ3n) is 2.13. The Bertz CT molecular complexity index is 174. The first-order valence-corrected chi connectivity index (χ1v) is 5.98. The SMILES string of the molecule is CCOC(SCC)C1CC(F)(F)CN1. The molecule has 1 aliphatic heterocycles. The molecule has 0 radical (unpaired) electrons. The summed E-state index contributed by atoms with van der Waals surface area (Å²) in [6, 6.07) is -0.213. The van der Waals surface area contributed by atoms with Gasteiger partial charge in [0.2, 0.25) is 0 Å². The largest absolute Gasteiger partial charge is 0.366 e. The van der Waals surface area contributed by atoms with Crippen molar-refractivity contribution in [1.29, 1.82) is 0 Å². The fourth-order valence-corrected chi connectivity index (χ4v) is 2.53. The standard InChI is InChI=1S/C9H17F2NOS/c1-3-13-8(14-4-2)7-5-9(10,11)6-12-7/h7-8,12H,3-6H2,1-2H3. The minimum absolute atomic E-state index is 0.106. The summed E-state index contributed by atoms with van der Waals surface area (Å²) in [6.07, 6.45) is -0.106. The number of hydrogen-bond acceptors (Lipinski definition) is 3. The minimum atomic E-state index is -2.56. The molecule has 0 bridgehead atoms. The van der Waals surface area contributed by atoms with Crippen LogP contribution in [0.2, 0.25) is 0 Å². The molecule has 0 aromatic rings. The molecule has 0 amide bonds. The normalized spacial score (nSPS) is 27.9. The van der Waals surface area contributed by atoms with E-state index in [9.17, 15) is 8.78 Å². The first kappa shape index (κ1) is 12.2. The van der Waals surface area contributed by atoms with E-state index in [1.165, 1.54) is 0 Å². The molecule has 1 fully saturated rings. The lowest BCUT2D eigenvalue weighted by molar-refractivity contribution is 0.0145. The second-order valence-electron chi connectivity index (χ2n) is 3.33. The Kier molecular flexibility index (Phi) is 4.60. The van der Waals surface area contributed by atoms with E-state index in [4.69, 9.17) is 4.74 Å². The molecule has 0 aliphatic carbocycles. The molecular formula is C9H17F2NOS. The van der Waals surface area contributed by atoms with Crippen LogP contribution in [0.3, 0.4) is 0 Å². The molecule has 0 spiro atoms. The Morgan fingerprint density at radius 2 is 2.29 bits per heavy atom. The fraction of sp³-hybridized carbons (Fsp3) is 1.00. The highest BCUT2D eigenvalue weighted by molar-refractivity contribution is 7.99. The van der Waals surface area contributed by atoms with E-state index in [0.717, 1.165) is 5.75 Å². The van der Waals surface area contributed by atoms with Gasteiger partial charge in [0.15, 0.2) is 0 Å². The van der Waals surface area contributed by atoms with Crippen LogP contribution in [-0.2, 0) is 4.74 Å². The molecule has 0 aromatic heterocycles. The maximum absolute atomic E-state index is 12.9. The number of thioether (sulfide) groups is 1. The van der Waals surface area contributed by atoms with Crippen molar-refractivity contribution in [2.45, 2.75) is 37.7 Å². The molecule has 1 rings (SSSR count). The minimum Gasteiger partial charge on any atom is -0.366 e. The van der Waals surface area contributed by atoms with Crippen molar-refractivity contribution in [2.75, 3.05) is 18.9 Å². The second kappa shape index (κ2) is 5.28. The van der Waals surface area contributed by atoms with Crippen molar-refractivity contribution in [3.05, 3.63) is 0 Å². The lowest BCUT2D eigenvalue weighted by Gasteiger charge is -2.22. The van der Waals surface area contributed by atoms with Crippen LogP contribution < -0.4 is 5.32 Å². The van der Waals surface area contributed by atoms with Crippen molar-refractivity contribution < 1.29 is 13.5 Å². The van der Waals surface area contributed by atoms with Crippen molar-refractivity contribution in [3.63, 3.8) is 0 Å². The molecule has 1 heterocycles. The summed E-state index contributed by atoms with van der Waals surface area (Å²) in [6.45, 7) is 4.24. The van der Waals surface area contributed by atoms with Crippen molar-refractivity contribution in [2.24, 2.45) is 0 Å². The van der Waals surface area contributed by atoms with Crippen LogP contribution in [0.15, 0.2) is 0 Å². The van der Waals surface area contributed by atoms with Gasteiger partial charge in [-0.1, -0.05) is 6.92 Å². The Morgan fingerprint density at radius 1 is 1.57 bits per heavy atom. The van der Waals surface area contributed by atoms with Gasteiger partial charge in [-0.2, -0.15) is 0 Å². The van der Waals surface area contributed by atoms with Gasteiger partial charge in [0.05, 0.1) is 6.54 Å². The summed E-state index contributed by atoms with van der Waals surface area (Å²) in [5, 5.41) is 2.82. The zero-order valence-corrected chi connectivity index (χ0v) is 9.37. The van der Waals surface area contributed by atoms with Crippen LogP contribution in [0, 0.1) is 0 Å². The van der Waals surface area contributed by atoms with Crippen LogP contribution in [0.1, 0.15) is 20.3 Å². The molecule has 2 unspecified atom stereocenters. The molecule has 1 saturated heterocycles. The average molecular weight is 225 g/mol. The summed E-state index contributed by atoms with van der Waals surface area (Å²) >= 11 is 1.58. The first-order valence-electron chi connectivity index (χ1n) is 4.93. The number of ether oxygens (including phenoxy) is 1. The number of nitrogens with one attached hydrogen (secondary N) is 1. The Balaban J connectivity index is 2.44. The topological polar surface area (TPSA) is 21.3 Å². The number of halogens is 2. The molecule has 5 heteroatoms. The summed E-state index contributed by atoms with van der Waals surface area (Å²) in [5.74, 6) is -1.68. The van der Waals surface area contributed by atoms with Gasteiger partial charge in [-0.3, -0.25) is 0 Å². The molecular weight excluding hydrogens is 208 g/mol. The molecule has 84 valence electrons. The third kappa shape index (κ3) is 3.37. The van der Waals surface area contributed by atoms with E-state index >= 15 is 0 Å². The van der Waals surface area contributed by atoms with E-state index < -0.39 is 5.92 Å². The predicted molar refractivity (Wildman–Crippen MR) is 54.9 cm³/mol. The zero-order valence-electron chi connectivity index (χ0n) is 8.56. The van der Waals surface area contributed by atoms with Gasteiger partial charge in [0.1, 0.15) is 5.44 Å². The van der Waals surface area contributed by atoms with Gasteiger partial charge in [-0.25, -0.2) is 8.78 Å². The zero-order chi connectivity index (χ0) is 10.6.